The van der Waals surface area contributed by atoms with Gasteiger partial charge in [-0.2, -0.15) is 5.10 Å². The van der Waals surface area contributed by atoms with E-state index in [1.807, 2.05) is 48.5 Å². The van der Waals surface area contributed by atoms with Crippen LogP contribution >= 0.6 is 15.9 Å². The van der Waals surface area contributed by atoms with Crippen LogP contribution in [0.4, 0.5) is 5.69 Å². The second-order valence-corrected chi connectivity index (χ2v) is 6.95. The Balaban J connectivity index is 1.42. The highest BCUT2D eigenvalue weighted by Gasteiger charge is 2.12. The highest BCUT2D eigenvalue weighted by Crippen LogP contribution is 2.25. The molecule has 0 radical (unpaired) electrons. The lowest BCUT2D eigenvalue weighted by molar-refractivity contribution is -0.116. The molecule has 0 unspecified atom stereocenters. The minimum Gasteiger partial charge on any atom is -0.441 e. The van der Waals surface area contributed by atoms with Crippen LogP contribution in [0.3, 0.4) is 0 Å². The Morgan fingerprint density at radius 1 is 1.18 bits per heavy atom. The Hall–Kier alpha value is -3.26. The molecule has 0 aliphatic rings. The summed E-state index contributed by atoms with van der Waals surface area (Å²) in [5, 5.41) is 7.04. The van der Waals surface area contributed by atoms with Gasteiger partial charge in [-0.05, 0) is 18.2 Å². The molecule has 28 heavy (non-hydrogen) atoms. The first-order valence-corrected chi connectivity index (χ1v) is 9.43. The molecule has 8 heteroatoms. The van der Waals surface area contributed by atoms with Crippen molar-refractivity contribution in [2.75, 3.05) is 5.32 Å². The number of carbonyl (C=O) groups excluding carboxylic acids is 1. The number of oxazole rings is 1. The number of hydrogen-bond acceptors (Lipinski definition) is 5. The summed E-state index contributed by atoms with van der Waals surface area (Å²) in [6, 6.07) is 15.3. The second-order valence-electron chi connectivity index (χ2n) is 6.03. The largest absolute Gasteiger partial charge is 0.441 e. The van der Waals surface area contributed by atoms with E-state index in [2.05, 4.69) is 36.3 Å². The number of carbonyl (C=O) groups is 1. The van der Waals surface area contributed by atoms with Crippen LogP contribution in [0.2, 0.25) is 0 Å². The fraction of sp³-hybridized carbons (Fsp3) is 0.100. The highest BCUT2D eigenvalue weighted by molar-refractivity contribution is 9.10. The van der Waals surface area contributed by atoms with Crippen molar-refractivity contribution in [3.63, 3.8) is 0 Å². The van der Waals surface area contributed by atoms with E-state index in [1.165, 1.54) is 6.33 Å². The average molecular weight is 438 g/mol. The zero-order valence-electron chi connectivity index (χ0n) is 14.7. The molecule has 4 rings (SSSR count). The monoisotopic (exact) mass is 437 g/mol. The number of halogens is 1. The number of rotatable bonds is 6. The van der Waals surface area contributed by atoms with Crippen molar-refractivity contribution in [1.29, 1.82) is 0 Å². The zero-order valence-corrected chi connectivity index (χ0v) is 16.3. The maximum atomic E-state index is 12.5. The van der Waals surface area contributed by atoms with Crippen LogP contribution in [0.15, 0.2) is 76.3 Å². The van der Waals surface area contributed by atoms with Crippen molar-refractivity contribution in [3.8, 4) is 17.0 Å². The molecule has 7 nitrogen and oxygen atoms in total. The van der Waals surface area contributed by atoms with Crippen molar-refractivity contribution < 1.29 is 9.21 Å². The van der Waals surface area contributed by atoms with E-state index in [0.29, 0.717) is 23.8 Å². The summed E-state index contributed by atoms with van der Waals surface area (Å²) in [5.74, 6) is 1.08. The lowest BCUT2D eigenvalue weighted by Gasteiger charge is -2.11. The van der Waals surface area contributed by atoms with Crippen molar-refractivity contribution in [2.24, 2.45) is 0 Å². The number of benzene rings is 2. The summed E-state index contributed by atoms with van der Waals surface area (Å²) in [6.07, 6.45) is 5.36. The number of hydrogen-bond donors (Lipinski definition) is 1. The predicted molar refractivity (Wildman–Crippen MR) is 108 cm³/mol. The summed E-state index contributed by atoms with van der Waals surface area (Å²) < 4.78 is 8.20. The third-order valence-electron chi connectivity index (χ3n) is 4.08. The number of nitrogens with one attached hydrogen (secondary N) is 1. The SMILES string of the molecule is O=C(CCc1ncc(-c2ccccc2)o1)Nc1cc(Br)ccc1-n1cncn1. The Kier molecular flexibility index (Phi) is 5.29. The molecule has 0 atom stereocenters. The van der Waals surface area contributed by atoms with Gasteiger partial charge in [-0.25, -0.2) is 14.6 Å². The summed E-state index contributed by atoms with van der Waals surface area (Å²) >= 11 is 3.43. The van der Waals surface area contributed by atoms with Crippen LogP contribution < -0.4 is 5.32 Å². The smallest absolute Gasteiger partial charge is 0.224 e. The van der Waals surface area contributed by atoms with Gasteiger partial charge in [-0.3, -0.25) is 4.79 Å². The first-order valence-electron chi connectivity index (χ1n) is 8.63. The molecule has 0 aliphatic heterocycles. The molecular formula is C20H16BrN5O2. The van der Waals surface area contributed by atoms with Crippen LogP contribution in [0, 0.1) is 0 Å². The molecular weight excluding hydrogens is 422 g/mol. The fourth-order valence-corrected chi connectivity index (χ4v) is 3.10. The van der Waals surface area contributed by atoms with Gasteiger partial charge in [0.25, 0.3) is 0 Å². The molecule has 1 amide bonds. The van der Waals surface area contributed by atoms with Crippen molar-refractivity contribution >= 4 is 27.5 Å². The van der Waals surface area contributed by atoms with E-state index >= 15 is 0 Å². The molecule has 0 saturated carbocycles. The standard InChI is InChI=1S/C20H16BrN5O2/c21-15-6-7-17(26-13-22-12-24-26)16(10-15)25-19(27)8-9-20-23-11-18(28-20)14-4-2-1-3-5-14/h1-7,10-13H,8-9H2,(H,25,27). The van der Waals surface area contributed by atoms with Gasteiger partial charge >= 0.3 is 0 Å². The first kappa shape index (κ1) is 18.1. The van der Waals surface area contributed by atoms with Gasteiger partial charge in [-0.1, -0.05) is 46.3 Å². The molecule has 2 heterocycles. The quantitative estimate of drug-likeness (QED) is 0.486. The van der Waals surface area contributed by atoms with Gasteiger partial charge in [0.1, 0.15) is 12.7 Å². The van der Waals surface area contributed by atoms with Crippen LogP contribution in [-0.4, -0.2) is 25.7 Å². The number of amides is 1. The summed E-state index contributed by atoms with van der Waals surface area (Å²) in [5.41, 5.74) is 2.33. The summed E-state index contributed by atoms with van der Waals surface area (Å²) in [6.45, 7) is 0. The summed E-state index contributed by atoms with van der Waals surface area (Å²) in [4.78, 5) is 20.7. The van der Waals surface area contributed by atoms with Crippen molar-refractivity contribution in [3.05, 3.63) is 77.7 Å². The Labute approximate surface area is 169 Å². The lowest BCUT2D eigenvalue weighted by Crippen LogP contribution is -2.14. The van der Waals surface area contributed by atoms with Gasteiger partial charge in [-0.15, -0.1) is 0 Å². The van der Waals surface area contributed by atoms with E-state index in [9.17, 15) is 4.79 Å². The normalized spacial score (nSPS) is 10.8. The van der Waals surface area contributed by atoms with Crippen molar-refractivity contribution in [1.82, 2.24) is 19.7 Å². The van der Waals surface area contributed by atoms with E-state index in [0.717, 1.165) is 15.7 Å². The molecule has 2 aromatic heterocycles. The third kappa shape index (κ3) is 4.17. The number of aryl methyl sites for hydroxylation is 1. The topological polar surface area (TPSA) is 85.8 Å². The molecule has 1 N–H and O–H groups in total. The van der Waals surface area contributed by atoms with E-state index in [4.69, 9.17) is 4.42 Å². The molecule has 2 aromatic carbocycles. The second kappa shape index (κ2) is 8.18. The predicted octanol–water partition coefficient (Wildman–Crippen LogP) is 4.26. The summed E-state index contributed by atoms with van der Waals surface area (Å²) in [7, 11) is 0. The zero-order chi connectivity index (χ0) is 19.3. The molecule has 4 aromatic rings. The van der Waals surface area contributed by atoms with Crippen molar-refractivity contribution in [2.45, 2.75) is 12.8 Å². The molecule has 0 bridgehead atoms. The van der Waals surface area contributed by atoms with E-state index < -0.39 is 0 Å². The van der Waals surface area contributed by atoms with Crippen LogP contribution in [0.5, 0.6) is 0 Å². The van der Waals surface area contributed by atoms with Gasteiger partial charge < -0.3 is 9.73 Å². The Morgan fingerprint density at radius 2 is 2.04 bits per heavy atom. The minimum absolute atomic E-state index is 0.140. The molecule has 0 fully saturated rings. The molecule has 0 spiro atoms. The Bertz CT molecular complexity index is 1080. The minimum atomic E-state index is -0.140. The third-order valence-corrected chi connectivity index (χ3v) is 4.57. The fourth-order valence-electron chi connectivity index (χ4n) is 2.74. The number of nitrogens with zero attached hydrogens (tertiary/aromatic N) is 4. The van der Waals surface area contributed by atoms with Gasteiger partial charge in [0.05, 0.1) is 17.6 Å². The maximum Gasteiger partial charge on any atom is 0.224 e. The molecule has 0 saturated heterocycles. The molecule has 140 valence electrons. The number of anilines is 1. The number of aromatic nitrogens is 4. The van der Waals surface area contributed by atoms with Gasteiger partial charge in [0.2, 0.25) is 5.91 Å². The van der Waals surface area contributed by atoms with Gasteiger partial charge in [0.15, 0.2) is 11.7 Å². The van der Waals surface area contributed by atoms with Crippen LogP contribution in [0.25, 0.3) is 17.0 Å². The van der Waals surface area contributed by atoms with E-state index in [-0.39, 0.29) is 12.3 Å². The first-order chi connectivity index (χ1) is 13.7. The van der Waals surface area contributed by atoms with Crippen LogP contribution in [-0.2, 0) is 11.2 Å². The van der Waals surface area contributed by atoms with Gasteiger partial charge in [0, 0.05) is 22.9 Å². The Morgan fingerprint density at radius 3 is 2.82 bits per heavy atom. The average Bonchev–Trinajstić information content (AvgIpc) is 3.39. The lowest BCUT2D eigenvalue weighted by atomic mass is 10.2. The molecule has 0 aliphatic carbocycles. The van der Waals surface area contributed by atoms with E-state index in [1.54, 1.807) is 17.2 Å². The maximum absolute atomic E-state index is 12.5. The van der Waals surface area contributed by atoms with Crippen LogP contribution in [0.1, 0.15) is 12.3 Å². The highest BCUT2D eigenvalue weighted by atomic mass is 79.9.